The van der Waals surface area contributed by atoms with E-state index in [9.17, 15) is 37.4 Å². The molecule has 2 atom stereocenters. The van der Waals surface area contributed by atoms with Gasteiger partial charge in [-0.3, -0.25) is 9.36 Å². The molecule has 0 aliphatic carbocycles. The van der Waals surface area contributed by atoms with Crippen molar-refractivity contribution in [2.45, 2.75) is 31.4 Å². The molecule has 2 unspecified atom stereocenters. The molecule has 0 fully saturated rings. The van der Waals surface area contributed by atoms with E-state index >= 15 is 0 Å². The molecule has 1 amide bonds. The van der Waals surface area contributed by atoms with Crippen molar-refractivity contribution in [1.29, 1.82) is 0 Å². The lowest BCUT2D eigenvalue weighted by atomic mass is 10.1. The maximum Gasteiger partial charge on any atom is 0.416 e. The number of aromatic nitrogens is 3. The van der Waals surface area contributed by atoms with Crippen molar-refractivity contribution in [3.8, 4) is 11.4 Å². The minimum absolute atomic E-state index is 0.110. The molecule has 188 valence electrons. The summed E-state index contributed by atoms with van der Waals surface area (Å²) in [6.45, 7) is -2.65. The van der Waals surface area contributed by atoms with E-state index in [1.165, 1.54) is 42.5 Å². The maximum absolute atomic E-state index is 14.3. The predicted octanol–water partition coefficient (Wildman–Crippen LogP) is 2.93. The molecular weight excluding hydrogens is 519 g/mol. The van der Waals surface area contributed by atoms with Crippen LogP contribution in [0.15, 0.2) is 47.3 Å². The summed E-state index contributed by atoms with van der Waals surface area (Å²) in [7, 11) is 0. The van der Waals surface area contributed by atoms with Gasteiger partial charge in [0.15, 0.2) is 11.9 Å². The first-order valence-corrected chi connectivity index (χ1v) is 10.7. The highest BCUT2D eigenvalue weighted by atomic mass is 35.5. The molecule has 0 saturated heterocycles. The van der Waals surface area contributed by atoms with E-state index in [1.54, 1.807) is 0 Å². The van der Waals surface area contributed by atoms with Gasteiger partial charge in [-0.25, -0.2) is 13.9 Å². The van der Waals surface area contributed by atoms with Crippen LogP contribution in [0.5, 0.6) is 0 Å². The lowest BCUT2D eigenvalue weighted by Gasteiger charge is -2.17. The number of carbonyl (C=O) groups is 1. The number of aliphatic hydroxyl groups excluding tert-OH is 2. The number of alkyl halides is 3. The molecule has 0 aliphatic heterocycles. The van der Waals surface area contributed by atoms with E-state index in [1.807, 2.05) is 0 Å². The van der Waals surface area contributed by atoms with Crippen LogP contribution in [0.25, 0.3) is 11.4 Å². The number of nitrogens with one attached hydrogen (secondary N) is 1. The lowest BCUT2D eigenvalue weighted by Crippen LogP contribution is -2.39. The van der Waals surface area contributed by atoms with Crippen molar-refractivity contribution in [1.82, 2.24) is 19.7 Å². The van der Waals surface area contributed by atoms with E-state index in [0.717, 1.165) is 0 Å². The van der Waals surface area contributed by atoms with Gasteiger partial charge in [0.25, 0.3) is 0 Å². The van der Waals surface area contributed by atoms with Crippen LogP contribution in [0, 0.1) is 5.82 Å². The fraction of sp³-hybridized carbons (Fsp3) is 0.286. The second-order valence-electron chi connectivity index (χ2n) is 7.38. The Bertz CT molecular complexity index is 1260. The van der Waals surface area contributed by atoms with E-state index in [-0.39, 0.29) is 22.0 Å². The maximum atomic E-state index is 14.3. The third kappa shape index (κ3) is 6.20. The highest BCUT2D eigenvalue weighted by molar-refractivity contribution is 6.31. The molecule has 0 spiro atoms. The Kier molecular flexibility index (Phi) is 8.21. The number of aliphatic hydroxyl groups is 2. The van der Waals surface area contributed by atoms with Crippen molar-refractivity contribution in [2.24, 2.45) is 0 Å². The van der Waals surface area contributed by atoms with Crippen LogP contribution >= 0.6 is 23.2 Å². The standard InChI is InChI=1S/C21H18Cl2F4N4O4/c22-12-6-4-11(5-7-12)19-29-31(20(35)30(19)8-16(33)21(25,26)27)9-17(34)28-15(10-32)13-2-1-3-14(23)18(13)24/h1-7,15-16,32-33H,8-10H2,(H,28,34). The zero-order valence-corrected chi connectivity index (χ0v) is 19.1. The van der Waals surface area contributed by atoms with Gasteiger partial charge < -0.3 is 15.5 Å². The first kappa shape index (κ1) is 26.7. The molecule has 35 heavy (non-hydrogen) atoms. The zero-order valence-electron chi connectivity index (χ0n) is 17.6. The Balaban J connectivity index is 1.91. The van der Waals surface area contributed by atoms with Crippen molar-refractivity contribution in [3.05, 3.63) is 74.4 Å². The molecule has 1 aromatic heterocycles. The Morgan fingerprint density at radius 2 is 1.80 bits per heavy atom. The summed E-state index contributed by atoms with van der Waals surface area (Å²) in [5, 5.41) is 25.5. The topological polar surface area (TPSA) is 109 Å². The van der Waals surface area contributed by atoms with Gasteiger partial charge in [-0.1, -0.05) is 35.3 Å². The Hall–Kier alpha value is -2.93. The molecule has 8 nitrogen and oxygen atoms in total. The average molecular weight is 537 g/mol. The molecular formula is C21H18Cl2F4N4O4. The summed E-state index contributed by atoms with van der Waals surface area (Å²) in [4.78, 5) is 25.4. The van der Waals surface area contributed by atoms with Crippen LogP contribution < -0.4 is 11.0 Å². The van der Waals surface area contributed by atoms with Gasteiger partial charge >= 0.3 is 11.9 Å². The number of rotatable bonds is 8. The summed E-state index contributed by atoms with van der Waals surface area (Å²) < 4.78 is 54.3. The molecule has 0 radical (unpaired) electrons. The van der Waals surface area contributed by atoms with Crippen molar-refractivity contribution >= 4 is 29.1 Å². The van der Waals surface area contributed by atoms with Crippen LogP contribution in [0.3, 0.4) is 0 Å². The summed E-state index contributed by atoms with van der Waals surface area (Å²) in [5.41, 5.74) is -1.02. The molecule has 14 heteroatoms. The Morgan fingerprint density at radius 1 is 1.14 bits per heavy atom. The summed E-state index contributed by atoms with van der Waals surface area (Å²) in [5.74, 6) is -2.00. The van der Waals surface area contributed by atoms with Crippen LogP contribution in [0.2, 0.25) is 10.0 Å². The number of nitrogens with zero attached hydrogens (tertiary/aromatic N) is 3. The van der Waals surface area contributed by atoms with Gasteiger partial charge in [-0.15, -0.1) is 5.10 Å². The fourth-order valence-electron chi connectivity index (χ4n) is 3.18. The quantitative estimate of drug-likeness (QED) is 0.383. The Labute approximate surface area is 205 Å². The molecule has 3 aromatic rings. The number of benzene rings is 2. The Morgan fingerprint density at radius 3 is 2.40 bits per heavy atom. The number of carbonyl (C=O) groups excluding carboxylic acids is 1. The van der Waals surface area contributed by atoms with Crippen LogP contribution in [-0.4, -0.2) is 49.4 Å². The van der Waals surface area contributed by atoms with Crippen LogP contribution in [-0.2, 0) is 17.9 Å². The number of hydrogen-bond acceptors (Lipinski definition) is 5. The number of amides is 1. The summed E-state index contributed by atoms with van der Waals surface area (Å²) in [6, 6.07) is 8.39. The van der Waals surface area contributed by atoms with Gasteiger partial charge in [0.05, 0.1) is 24.2 Å². The van der Waals surface area contributed by atoms with Gasteiger partial charge in [0.2, 0.25) is 5.91 Å². The molecule has 3 N–H and O–H groups in total. The van der Waals surface area contributed by atoms with Gasteiger partial charge in [0, 0.05) is 16.1 Å². The highest BCUT2D eigenvalue weighted by Gasteiger charge is 2.39. The number of halogens is 6. The average Bonchev–Trinajstić information content (AvgIpc) is 3.09. The lowest BCUT2D eigenvalue weighted by molar-refractivity contribution is -0.207. The van der Waals surface area contributed by atoms with Crippen LogP contribution in [0.1, 0.15) is 11.6 Å². The van der Waals surface area contributed by atoms with Crippen molar-refractivity contribution in [2.75, 3.05) is 6.61 Å². The second kappa shape index (κ2) is 10.8. The largest absolute Gasteiger partial charge is 0.416 e. The van der Waals surface area contributed by atoms with Gasteiger partial charge in [-0.2, -0.15) is 13.2 Å². The molecule has 0 saturated carbocycles. The molecule has 1 heterocycles. The van der Waals surface area contributed by atoms with Crippen LogP contribution in [0.4, 0.5) is 17.6 Å². The zero-order chi connectivity index (χ0) is 25.9. The SMILES string of the molecule is O=C(Cn1nc(-c2ccc(Cl)cc2)n(CC(O)C(F)(F)F)c1=O)NC(CO)c1cccc(Cl)c1F. The molecule has 0 bridgehead atoms. The molecule has 3 rings (SSSR count). The second-order valence-corrected chi connectivity index (χ2v) is 8.23. The van der Waals surface area contributed by atoms with Crippen molar-refractivity contribution in [3.63, 3.8) is 0 Å². The normalized spacial score (nSPS) is 13.5. The fourth-order valence-corrected chi connectivity index (χ4v) is 3.49. The van der Waals surface area contributed by atoms with E-state index in [2.05, 4.69) is 10.4 Å². The van der Waals surface area contributed by atoms with Gasteiger partial charge in [0.1, 0.15) is 12.4 Å². The molecule has 2 aromatic carbocycles. The predicted molar refractivity (Wildman–Crippen MR) is 118 cm³/mol. The first-order valence-electron chi connectivity index (χ1n) is 9.94. The van der Waals surface area contributed by atoms with Crippen molar-refractivity contribution < 1.29 is 32.6 Å². The van der Waals surface area contributed by atoms with E-state index in [0.29, 0.717) is 14.3 Å². The smallest absolute Gasteiger partial charge is 0.394 e. The monoisotopic (exact) mass is 536 g/mol. The third-order valence-corrected chi connectivity index (χ3v) is 5.47. The highest BCUT2D eigenvalue weighted by Crippen LogP contribution is 2.25. The first-order chi connectivity index (χ1) is 16.4. The number of hydrogen-bond donors (Lipinski definition) is 3. The molecule has 0 aliphatic rings. The minimum atomic E-state index is -5.01. The summed E-state index contributed by atoms with van der Waals surface area (Å²) in [6.07, 6.45) is -7.88. The van der Waals surface area contributed by atoms with E-state index < -0.39 is 55.4 Å². The summed E-state index contributed by atoms with van der Waals surface area (Å²) >= 11 is 11.6. The van der Waals surface area contributed by atoms with E-state index in [4.69, 9.17) is 23.2 Å². The van der Waals surface area contributed by atoms with Gasteiger partial charge in [-0.05, 0) is 30.3 Å². The minimum Gasteiger partial charge on any atom is -0.394 e. The third-order valence-electron chi connectivity index (χ3n) is 4.93.